The van der Waals surface area contributed by atoms with Gasteiger partial charge in [0.25, 0.3) is 0 Å². The number of aryl methyl sites for hydroxylation is 2. The minimum Gasteiger partial charge on any atom is -0.508 e. The Morgan fingerprint density at radius 3 is 2.04 bits per heavy atom. The summed E-state index contributed by atoms with van der Waals surface area (Å²) < 4.78 is 0. The normalized spacial score (nSPS) is 15.9. The quantitative estimate of drug-likeness (QED) is 0.346. The second-order valence-electron chi connectivity index (χ2n) is 10.7. The fourth-order valence-corrected chi connectivity index (χ4v) is 4.10. The molecule has 1 heteroatoms. The van der Waals surface area contributed by atoms with Gasteiger partial charge in [0.2, 0.25) is 0 Å². The minimum atomic E-state index is 0.430. The van der Waals surface area contributed by atoms with Gasteiger partial charge in [0.1, 0.15) is 5.75 Å². The minimum absolute atomic E-state index is 0.430. The summed E-state index contributed by atoms with van der Waals surface area (Å²) in [6, 6.07) is 6.05. The van der Waals surface area contributed by atoms with Crippen molar-refractivity contribution in [2.24, 2.45) is 10.8 Å². The van der Waals surface area contributed by atoms with E-state index in [1.54, 1.807) is 0 Å². The van der Waals surface area contributed by atoms with Crippen molar-refractivity contribution in [2.45, 2.75) is 118 Å². The van der Waals surface area contributed by atoms with Crippen molar-refractivity contribution >= 4 is 0 Å². The van der Waals surface area contributed by atoms with Gasteiger partial charge in [-0.1, -0.05) is 72.3 Å². The van der Waals surface area contributed by atoms with Crippen molar-refractivity contribution in [1.29, 1.82) is 0 Å². The third-order valence-corrected chi connectivity index (χ3v) is 6.39. The van der Waals surface area contributed by atoms with E-state index in [0.717, 1.165) is 11.8 Å². The zero-order valence-corrected chi connectivity index (χ0v) is 18.6. The topological polar surface area (TPSA) is 20.2 Å². The van der Waals surface area contributed by atoms with E-state index in [4.69, 9.17) is 0 Å². The van der Waals surface area contributed by atoms with Crippen LogP contribution in [0.15, 0.2) is 18.2 Å². The first-order valence-electron chi connectivity index (χ1n) is 11.6. The fraction of sp³-hybridized carbons (Fsp3) is 0.769. The van der Waals surface area contributed by atoms with Crippen molar-refractivity contribution in [3.05, 3.63) is 29.3 Å². The number of aromatic hydroxyl groups is 1. The van der Waals surface area contributed by atoms with E-state index in [0.29, 0.717) is 11.2 Å². The molecule has 1 aromatic carbocycles. The highest BCUT2D eigenvalue weighted by Gasteiger charge is 2.35. The first-order valence-corrected chi connectivity index (χ1v) is 11.6. The van der Waals surface area contributed by atoms with E-state index >= 15 is 0 Å². The molecular formula is C26H44O. The highest BCUT2D eigenvalue weighted by molar-refractivity contribution is 5.35. The van der Waals surface area contributed by atoms with E-state index in [9.17, 15) is 5.11 Å². The monoisotopic (exact) mass is 372 g/mol. The SMILES string of the molecule is CC(C)(C)CCCCCCc1cc(O)ccc1CCCCCCC1(C)CC1. The highest BCUT2D eigenvalue weighted by atomic mass is 16.3. The lowest BCUT2D eigenvalue weighted by Crippen LogP contribution is -2.04. The molecule has 0 aliphatic heterocycles. The van der Waals surface area contributed by atoms with Gasteiger partial charge < -0.3 is 5.11 Å². The van der Waals surface area contributed by atoms with Crippen LogP contribution < -0.4 is 0 Å². The molecule has 0 atom stereocenters. The Morgan fingerprint density at radius 2 is 1.41 bits per heavy atom. The number of rotatable bonds is 13. The standard InChI is InChI=1S/C26H44O/c1-25(2,3)17-11-7-5-10-14-23-21-24(27)16-15-22(23)13-9-6-8-12-18-26(4)19-20-26/h15-16,21,27H,5-14,17-20H2,1-4H3. The van der Waals surface area contributed by atoms with Crippen LogP contribution in [0, 0.1) is 10.8 Å². The van der Waals surface area contributed by atoms with E-state index < -0.39 is 0 Å². The van der Waals surface area contributed by atoms with E-state index in [1.807, 2.05) is 12.1 Å². The second-order valence-corrected chi connectivity index (χ2v) is 10.7. The molecule has 0 unspecified atom stereocenters. The van der Waals surface area contributed by atoms with Crippen molar-refractivity contribution < 1.29 is 5.11 Å². The molecule has 1 aromatic rings. The lowest BCUT2D eigenvalue weighted by molar-refractivity contribution is 0.357. The molecule has 1 aliphatic carbocycles. The molecular weight excluding hydrogens is 328 g/mol. The fourth-order valence-electron chi connectivity index (χ4n) is 4.10. The number of unbranched alkanes of at least 4 members (excludes halogenated alkanes) is 6. The molecule has 27 heavy (non-hydrogen) atoms. The zero-order chi connectivity index (χ0) is 19.8. The summed E-state index contributed by atoms with van der Waals surface area (Å²) in [5.41, 5.74) is 4.04. The summed E-state index contributed by atoms with van der Waals surface area (Å²) in [5, 5.41) is 9.89. The van der Waals surface area contributed by atoms with Gasteiger partial charge in [-0.05, 0) is 85.5 Å². The number of hydrogen-bond acceptors (Lipinski definition) is 1. The Balaban J connectivity index is 1.63. The summed E-state index contributed by atoms with van der Waals surface area (Å²) >= 11 is 0. The number of benzene rings is 1. The lowest BCUT2D eigenvalue weighted by Gasteiger charge is -2.17. The van der Waals surface area contributed by atoms with Gasteiger partial charge in [-0.15, -0.1) is 0 Å². The van der Waals surface area contributed by atoms with Crippen LogP contribution >= 0.6 is 0 Å². The zero-order valence-electron chi connectivity index (χ0n) is 18.6. The summed E-state index contributed by atoms with van der Waals surface area (Å²) in [6.45, 7) is 9.44. The van der Waals surface area contributed by atoms with E-state index in [1.165, 1.54) is 94.6 Å². The van der Waals surface area contributed by atoms with Crippen LogP contribution in [0.1, 0.15) is 116 Å². The molecule has 2 rings (SSSR count). The van der Waals surface area contributed by atoms with Crippen molar-refractivity contribution in [3.63, 3.8) is 0 Å². The average molecular weight is 373 g/mol. The summed E-state index contributed by atoms with van der Waals surface area (Å²) in [5.74, 6) is 0.430. The summed E-state index contributed by atoms with van der Waals surface area (Å²) in [4.78, 5) is 0. The first kappa shape index (κ1) is 22.3. The van der Waals surface area contributed by atoms with Gasteiger partial charge in [0.15, 0.2) is 0 Å². The summed E-state index contributed by atoms with van der Waals surface area (Å²) in [6.07, 6.45) is 18.7. The molecule has 1 nitrogen and oxygen atoms in total. The van der Waals surface area contributed by atoms with Crippen LogP contribution in [-0.4, -0.2) is 5.11 Å². The lowest BCUT2D eigenvalue weighted by atomic mass is 9.89. The molecule has 1 fully saturated rings. The molecule has 1 N–H and O–H groups in total. The van der Waals surface area contributed by atoms with Crippen molar-refractivity contribution in [3.8, 4) is 5.75 Å². The van der Waals surface area contributed by atoms with Crippen molar-refractivity contribution in [2.75, 3.05) is 0 Å². The largest absolute Gasteiger partial charge is 0.508 e. The number of phenols is 1. The Morgan fingerprint density at radius 1 is 0.815 bits per heavy atom. The van der Waals surface area contributed by atoms with Gasteiger partial charge >= 0.3 is 0 Å². The van der Waals surface area contributed by atoms with E-state index in [-0.39, 0.29) is 0 Å². The molecule has 0 spiro atoms. The predicted octanol–water partition coefficient (Wildman–Crippen LogP) is 8.22. The van der Waals surface area contributed by atoms with Crippen LogP contribution in [0.25, 0.3) is 0 Å². The van der Waals surface area contributed by atoms with Gasteiger partial charge in [0, 0.05) is 0 Å². The van der Waals surface area contributed by atoms with Gasteiger partial charge in [0.05, 0.1) is 0 Å². The maximum Gasteiger partial charge on any atom is 0.115 e. The third-order valence-electron chi connectivity index (χ3n) is 6.39. The maximum atomic E-state index is 9.89. The number of hydrogen-bond donors (Lipinski definition) is 1. The van der Waals surface area contributed by atoms with Crippen LogP contribution in [0.5, 0.6) is 5.75 Å². The first-order chi connectivity index (χ1) is 12.8. The molecule has 0 radical (unpaired) electrons. The molecule has 0 bridgehead atoms. The van der Waals surface area contributed by atoms with Gasteiger partial charge in [-0.2, -0.15) is 0 Å². The van der Waals surface area contributed by atoms with Gasteiger partial charge in [-0.25, -0.2) is 0 Å². The Hall–Kier alpha value is -0.980. The molecule has 0 aromatic heterocycles. The Bertz CT molecular complexity index is 548. The van der Waals surface area contributed by atoms with Crippen LogP contribution in [0.3, 0.4) is 0 Å². The van der Waals surface area contributed by atoms with Crippen LogP contribution in [0.2, 0.25) is 0 Å². The number of phenolic OH excluding ortho intramolecular Hbond substituents is 1. The third kappa shape index (κ3) is 9.67. The maximum absolute atomic E-state index is 9.89. The predicted molar refractivity (Wildman–Crippen MR) is 118 cm³/mol. The van der Waals surface area contributed by atoms with E-state index in [2.05, 4.69) is 33.8 Å². The summed E-state index contributed by atoms with van der Waals surface area (Å²) in [7, 11) is 0. The molecule has 0 amide bonds. The highest BCUT2D eigenvalue weighted by Crippen LogP contribution is 2.49. The molecule has 1 aliphatic rings. The van der Waals surface area contributed by atoms with Gasteiger partial charge in [-0.3, -0.25) is 0 Å². The van der Waals surface area contributed by atoms with Crippen molar-refractivity contribution in [1.82, 2.24) is 0 Å². The average Bonchev–Trinajstić information content (AvgIpc) is 3.32. The molecule has 1 saturated carbocycles. The second kappa shape index (κ2) is 10.5. The smallest absolute Gasteiger partial charge is 0.115 e. The molecule has 154 valence electrons. The van der Waals surface area contributed by atoms with Crippen LogP contribution in [0.4, 0.5) is 0 Å². The van der Waals surface area contributed by atoms with Crippen LogP contribution in [-0.2, 0) is 12.8 Å². The molecule has 0 saturated heterocycles. The Labute approximate surface area is 169 Å². The Kier molecular flexibility index (Phi) is 8.70. The molecule has 0 heterocycles.